The molecule has 0 aliphatic heterocycles. The first-order valence-electron chi connectivity index (χ1n) is 7.22. The van der Waals surface area contributed by atoms with Crippen molar-refractivity contribution in [2.45, 2.75) is 19.4 Å². The van der Waals surface area contributed by atoms with Crippen LogP contribution >= 0.6 is 22.9 Å². The van der Waals surface area contributed by atoms with Crippen molar-refractivity contribution < 1.29 is 0 Å². The summed E-state index contributed by atoms with van der Waals surface area (Å²) in [6, 6.07) is 17.4. The maximum atomic E-state index is 6.30. The second-order valence-electron chi connectivity index (χ2n) is 5.13. The molecule has 0 bridgehead atoms. The van der Waals surface area contributed by atoms with Crippen LogP contribution in [0.25, 0.3) is 10.8 Å². The molecule has 3 heteroatoms. The highest BCUT2D eigenvalue weighted by Crippen LogP contribution is 2.31. The molecule has 108 valence electrons. The maximum Gasteiger partial charge on any atom is 0.0561 e. The molecule has 1 aromatic heterocycles. The van der Waals surface area contributed by atoms with Gasteiger partial charge in [-0.05, 0) is 40.7 Å². The van der Waals surface area contributed by atoms with E-state index in [2.05, 4.69) is 60.1 Å². The van der Waals surface area contributed by atoms with Crippen LogP contribution in [-0.2, 0) is 6.42 Å². The number of benzene rings is 2. The Balaban J connectivity index is 1.89. The van der Waals surface area contributed by atoms with Gasteiger partial charge in [0, 0.05) is 10.9 Å². The lowest BCUT2D eigenvalue weighted by atomic mass is 10.0. The lowest BCUT2D eigenvalue weighted by Gasteiger charge is -2.17. The first-order chi connectivity index (χ1) is 10.3. The Morgan fingerprint density at radius 1 is 1.10 bits per heavy atom. The third-order valence-corrected chi connectivity index (χ3v) is 5.14. The van der Waals surface area contributed by atoms with Crippen molar-refractivity contribution >= 4 is 33.7 Å². The molecule has 21 heavy (non-hydrogen) atoms. The monoisotopic (exact) mass is 315 g/mol. The smallest absolute Gasteiger partial charge is 0.0561 e. The summed E-state index contributed by atoms with van der Waals surface area (Å²) in [7, 11) is 0. The van der Waals surface area contributed by atoms with Crippen LogP contribution in [0, 0.1) is 0 Å². The predicted molar refractivity (Wildman–Crippen MR) is 93.4 cm³/mol. The molecular formula is C18H18ClNS. The van der Waals surface area contributed by atoms with Gasteiger partial charge in [-0.15, -0.1) is 11.3 Å². The van der Waals surface area contributed by atoms with E-state index in [0.29, 0.717) is 0 Å². The fraction of sp³-hybridized carbons (Fsp3) is 0.222. The van der Waals surface area contributed by atoms with E-state index >= 15 is 0 Å². The maximum absolute atomic E-state index is 6.30. The van der Waals surface area contributed by atoms with Crippen LogP contribution in [0.5, 0.6) is 0 Å². The van der Waals surface area contributed by atoms with Gasteiger partial charge in [0.25, 0.3) is 0 Å². The molecule has 1 N–H and O–H groups in total. The van der Waals surface area contributed by atoms with Gasteiger partial charge in [-0.25, -0.2) is 0 Å². The minimum atomic E-state index is 0.281. The van der Waals surface area contributed by atoms with Crippen LogP contribution in [0.3, 0.4) is 0 Å². The molecule has 1 nitrogen and oxygen atoms in total. The minimum absolute atomic E-state index is 0.281. The van der Waals surface area contributed by atoms with Crippen LogP contribution < -0.4 is 5.32 Å². The Kier molecular flexibility index (Phi) is 4.59. The summed E-state index contributed by atoms with van der Waals surface area (Å²) in [6.07, 6.45) is 0.957. The van der Waals surface area contributed by atoms with Gasteiger partial charge in [-0.1, -0.05) is 61.0 Å². The highest BCUT2D eigenvalue weighted by atomic mass is 35.5. The average Bonchev–Trinajstić information content (AvgIpc) is 2.93. The molecular weight excluding hydrogens is 298 g/mol. The van der Waals surface area contributed by atoms with Gasteiger partial charge >= 0.3 is 0 Å². The molecule has 0 saturated carbocycles. The summed E-state index contributed by atoms with van der Waals surface area (Å²) in [5.74, 6) is 0. The molecule has 3 rings (SSSR count). The lowest BCUT2D eigenvalue weighted by molar-refractivity contribution is 0.558. The highest BCUT2D eigenvalue weighted by Gasteiger charge is 2.16. The number of nitrogens with one attached hydrogen (secondary N) is 1. The average molecular weight is 316 g/mol. The van der Waals surface area contributed by atoms with E-state index in [1.807, 2.05) is 6.07 Å². The van der Waals surface area contributed by atoms with E-state index in [1.165, 1.54) is 21.2 Å². The van der Waals surface area contributed by atoms with Crippen LogP contribution in [-0.4, -0.2) is 6.54 Å². The van der Waals surface area contributed by atoms with Gasteiger partial charge in [-0.3, -0.25) is 0 Å². The van der Waals surface area contributed by atoms with E-state index in [0.717, 1.165) is 18.0 Å². The molecule has 0 fully saturated rings. The Hall–Kier alpha value is -1.35. The van der Waals surface area contributed by atoms with Crippen molar-refractivity contribution in [3.8, 4) is 0 Å². The quantitative estimate of drug-likeness (QED) is 0.660. The summed E-state index contributed by atoms with van der Waals surface area (Å²) in [6.45, 7) is 3.07. The van der Waals surface area contributed by atoms with Crippen LogP contribution in [0.1, 0.15) is 23.4 Å². The van der Waals surface area contributed by atoms with Gasteiger partial charge in [0.2, 0.25) is 0 Å². The van der Waals surface area contributed by atoms with Crippen molar-refractivity contribution in [3.05, 3.63) is 69.4 Å². The summed E-state index contributed by atoms with van der Waals surface area (Å²) in [5.41, 5.74) is 1.34. The fourth-order valence-electron chi connectivity index (χ4n) is 2.66. The normalized spacial score (nSPS) is 12.7. The second kappa shape index (κ2) is 6.61. The first-order valence-corrected chi connectivity index (χ1v) is 8.47. The number of thiophene rings is 1. The van der Waals surface area contributed by atoms with E-state index in [-0.39, 0.29) is 6.04 Å². The number of fused-ring (bicyclic) bond motifs is 1. The summed E-state index contributed by atoms with van der Waals surface area (Å²) < 4.78 is 0. The van der Waals surface area contributed by atoms with Gasteiger partial charge in [0.1, 0.15) is 0 Å². The molecule has 0 amide bonds. The van der Waals surface area contributed by atoms with E-state index in [9.17, 15) is 0 Å². The van der Waals surface area contributed by atoms with Crippen molar-refractivity contribution in [2.24, 2.45) is 0 Å². The topological polar surface area (TPSA) is 12.0 Å². The van der Waals surface area contributed by atoms with Crippen molar-refractivity contribution in [2.75, 3.05) is 6.54 Å². The second-order valence-corrected chi connectivity index (χ2v) is 6.48. The zero-order valence-electron chi connectivity index (χ0n) is 12.0. The van der Waals surface area contributed by atoms with Crippen LogP contribution in [0.4, 0.5) is 0 Å². The largest absolute Gasteiger partial charge is 0.309 e. The summed E-state index contributed by atoms with van der Waals surface area (Å²) in [4.78, 5) is 1.23. The molecule has 1 unspecified atom stereocenters. The Morgan fingerprint density at radius 2 is 1.90 bits per heavy atom. The number of hydrogen-bond donors (Lipinski definition) is 1. The fourth-order valence-corrected chi connectivity index (χ4v) is 3.92. The summed E-state index contributed by atoms with van der Waals surface area (Å²) in [5, 5.41) is 9.06. The highest BCUT2D eigenvalue weighted by molar-refractivity contribution is 7.10. The SMILES string of the molecule is CCNC(Cc1ccc2ccccc2c1)c1sccc1Cl. The third kappa shape index (κ3) is 3.29. The summed E-state index contributed by atoms with van der Waals surface area (Å²) >= 11 is 8.03. The van der Waals surface area contributed by atoms with Crippen molar-refractivity contribution in [1.82, 2.24) is 5.32 Å². The van der Waals surface area contributed by atoms with Crippen molar-refractivity contribution in [3.63, 3.8) is 0 Å². The molecule has 0 spiro atoms. The van der Waals surface area contributed by atoms with Gasteiger partial charge in [0.15, 0.2) is 0 Å². The lowest BCUT2D eigenvalue weighted by Crippen LogP contribution is -2.22. The molecule has 2 aromatic carbocycles. The first kappa shape index (κ1) is 14.6. The molecule has 0 radical (unpaired) electrons. The predicted octanol–water partition coefficient (Wildman–Crippen LogP) is 5.45. The molecule has 0 saturated heterocycles. The number of halogens is 1. The van der Waals surface area contributed by atoms with Crippen LogP contribution in [0.2, 0.25) is 5.02 Å². The Labute approximate surface area is 134 Å². The van der Waals surface area contributed by atoms with Gasteiger partial charge in [0.05, 0.1) is 5.02 Å². The van der Waals surface area contributed by atoms with E-state index < -0.39 is 0 Å². The van der Waals surface area contributed by atoms with E-state index in [1.54, 1.807) is 11.3 Å². The zero-order chi connectivity index (χ0) is 14.7. The van der Waals surface area contributed by atoms with Gasteiger partial charge < -0.3 is 5.32 Å². The zero-order valence-corrected chi connectivity index (χ0v) is 13.5. The standard InChI is InChI=1S/C18H18ClNS/c1-2-20-17(18-16(19)9-10-21-18)12-13-7-8-14-5-3-4-6-15(14)11-13/h3-11,17,20H,2,12H2,1H3. The minimum Gasteiger partial charge on any atom is -0.309 e. The third-order valence-electron chi connectivity index (χ3n) is 3.67. The Morgan fingerprint density at radius 3 is 2.62 bits per heavy atom. The molecule has 0 aliphatic carbocycles. The molecule has 0 aliphatic rings. The van der Waals surface area contributed by atoms with Crippen molar-refractivity contribution in [1.29, 1.82) is 0 Å². The molecule has 1 atom stereocenters. The number of rotatable bonds is 5. The molecule has 1 heterocycles. The van der Waals surface area contributed by atoms with Gasteiger partial charge in [-0.2, -0.15) is 0 Å². The van der Waals surface area contributed by atoms with Crippen LogP contribution in [0.15, 0.2) is 53.9 Å². The molecule has 3 aromatic rings. The number of hydrogen-bond acceptors (Lipinski definition) is 2. The Bertz CT molecular complexity index is 735. The van der Waals surface area contributed by atoms with E-state index in [4.69, 9.17) is 11.6 Å². The number of likely N-dealkylation sites (N-methyl/N-ethyl adjacent to an activating group) is 1.